The van der Waals surface area contributed by atoms with Gasteiger partial charge in [0.1, 0.15) is 17.6 Å². The van der Waals surface area contributed by atoms with Crippen molar-refractivity contribution >= 4 is 11.7 Å². The molecular weight excluding hydrogens is 340 g/mol. The zero-order valence-electron chi connectivity index (χ0n) is 17.0. The first-order chi connectivity index (χ1) is 12.8. The Morgan fingerprint density at radius 2 is 1.96 bits per heavy atom. The van der Waals surface area contributed by atoms with E-state index in [1.165, 1.54) is 0 Å². The molecule has 1 amide bonds. The van der Waals surface area contributed by atoms with Crippen LogP contribution >= 0.6 is 0 Å². The number of methoxy groups -OCH3 is 1. The van der Waals surface area contributed by atoms with Gasteiger partial charge < -0.3 is 10.1 Å². The normalized spacial score (nSPS) is 11.9. The lowest BCUT2D eigenvalue weighted by Gasteiger charge is -2.23. The molecule has 1 atom stereocenters. The second-order valence-electron chi connectivity index (χ2n) is 6.80. The van der Waals surface area contributed by atoms with E-state index in [9.17, 15) is 10.1 Å². The third kappa shape index (κ3) is 4.32. The summed E-state index contributed by atoms with van der Waals surface area (Å²) in [7, 11) is 3.55. The number of amides is 1. The Hall–Kier alpha value is -2.78. The fraction of sp³-hybridized carbons (Fsp3) is 0.429. The molecule has 0 radical (unpaired) electrons. The number of carbonyl (C=O) groups is 1. The van der Waals surface area contributed by atoms with Gasteiger partial charge in [0.15, 0.2) is 0 Å². The summed E-state index contributed by atoms with van der Waals surface area (Å²) in [5.41, 5.74) is 3.13. The lowest BCUT2D eigenvalue weighted by molar-refractivity contribution is -0.117. The van der Waals surface area contributed by atoms with Crippen molar-refractivity contribution in [2.75, 3.05) is 26.0 Å². The van der Waals surface area contributed by atoms with E-state index < -0.39 is 0 Å². The minimum atomic E-state index is -0.137. The number of rotatable bonds is 7. The van der Waals surface area contributed by atoms with Gasteiger partial charge in [0.05, 0.1) is 19.2 Å². The molecule has 1 N–H and O–H groups in total. The molecule has 144 valence electrons. The summed E-state index contributed by atoms with van der Waals surface area (Å²) < 4.78 is 7.13. The van der Waals surface area contributed by atoms with Crippen LogP contribution in [0.2, 0.25) is 0 Å². The number of aromatic nitrogens is 1. The van der Waals surface area contributed by atoms with Gasteiger partial charge in [-0.05, 0) is 64.1 Å². The maximum absolute atomic E-state index is 12.6. The van der Waals surface area contributed by atoms with Gasteiger partial charge in [0.25, 0.3) is 0 Å². The highest BCUT2D eigenvalue weighted by atomic mass is 16.5. The first-order valence-electron chi connectivity index (χ1n) is 9.10. The molecule has 6 nitrogen and oxygen atoms in total. The number of benzene rings is 1. The number of nitrogens with one attached hydrogen (secondary N) is 1. The maximum atomic E-state index is 12.6. The molecule has 0 aliphatic rings. The number of hydrogen-bond acceptors (Lipinski definition) is 4. The number of nitriles is 1. The molecule has 1 unspecified atom stereocenters. The summed E-state index contributed by atoms with van der Waals surface area (Å²) in [6.07, 6.45) is 0.966. The zero-order valence-corrected chi connectivity index (χ0v) is 17.0. The van der Waals surface area contributed by atoms with Crippen LogP contribution in [0.15, 0.2) is 24.3 Å². The highest BCUT2D eigenvalue weighted by Crippen LogP contribution is 2.30. The Kier molecular flexibility index (Phi) is 6.65. The van der Waals surface area contributed by atoms with Crippen LogP contribution in [-0.4, -0.2) is 42.1 Å². The monoisotopic (exact) mass is 368 g/mol. The van der Waals surface area contributed by atoms with Crippen molar-refractivity contribution in [1.82, 2.24) is 9.47 Å². The number of nitrogens with zero attached hydrogens (tertiary/aromatic N) is 3. The number of anilines is 1. The molecule has 2 rings (SSSR count). The zero-order chi connectivity index (χ0) is 20.1. The quantitative estimate of drug-likeness (QED) is 0.810. The van der Waals surface area contributed by atoms with E-state index in [1.807, 2.05) is 54.6 Å². The van der Waals surface area contributed by atoms with Crippen molar-refractivity contribution < 1.29 is 9.53 Å². The smallest absolute Gasteiger partial charge is 0.239 e. The third-order valence-corrected chi connectivity index (χ3v) is 5.15. The number of hydrogen-bond donors (Lipinski definition) is 1. The standard InChI is InChI=1S/C21H28N4O2/c1-7-14(2)24(5)13-20(26)23-21-19(12-22)15(3)16(4)25(21)17-8-10-18(27-6)11-9-17/h8-11,14H,7,13H2,1-6H3,(H,23,26). The second-order valence-corrected chi connectivity index (χ2v) is 6.80. The lowest BCUT2D eigenvalue weighted by Crippen LogP contribution is -2.36. The van der Waals surface area contributed by atoms with Gasteiger partial charge in [-0.15, -0.1) is 0 Å². The molecule has 1 aromatic heterocycles. The van der Waals surface area contributed by atoms with E-state index in [4.69, 9.17) is 4.74 Å². The predicted octanol–water partition coefficient (Wildman–Crippen LogP) is 3.64. The van der Waals surface area contributed by atoms with Crippen molar-refractivity contribution in [2.45, 2.75) is 40.2 Å². The molecule has 0 saturated heterocycles. The molecule has 0 bridgehead atoms. The molecule has 6 heteroatoms. The molecule has 1 heterocycles. The fourth-order valence-electron chi connectivity index (χ4n) is 2.98. The van der Waals surface area contributed by atoms with Crippen LogP contribution in [0, 0.1) is 25.2 Å². The first-order valence-corrected chi connectivity index (χ1v) is 9.10. The van der Waals surface area contributed by atoms with E-state index in [2.05, 4.69) is 25.2 Å². The second kappa shape index (κ2) is 8.74. The molecule has 1 aromatic carbocycles. The van der Waals surface area contributed by atoms with Crippen molar-refractivity contribution in [2.24, 2.45) is 0 Å². The highest BCUT2D eigenvalue weighted by molar-refractivity contribution is 5.93. The maximum Gasteiger partial charge on any atom is 0.239 e. The Labute approximate surface area is 161 Å². The van der Waals surface area contributed by atoms with Crippen LogP contribution in [-0.2, 0) is 4.79 Å². The molecule has 2 aromatic rings. The molecule has 0 spiro atoms. The number of ether oxygens (including phenoxy) is 1. The van der Waals surface area contributed by atoms with Gasteiger partial charge in [-0.3, -0.25) is 14.3 Å². The Balaban J connectivity index is 2.41. The highest BCUT2D eigenvalue weighted by Gasteiger charge is 2.21. The Morgan fingerprint density at radius 1 is 1.33 bits per heavy atom. The lowest BCUT2D eigenvalue weighted by atomic mass is 10.2. The third-order valence-electron chi connectivity index (χ3n) is 5.15. The summed E-state index contributed by atoms with van der Waals surface area (Å²) in [4.78, 5) is 14.6. The van der Waals surface area contributed by atoms with Crippen molar-refractivity contribution in [3.63, 3.8) is 0 Å². The largest absolute Gasteiger partial charge is 0.497 e. The Bertz CT molecular complexity index is 847. The van der Waals surface area contributed by atoms with Crippen molar-refractivity contribution in [3.8, 4) is 17.5 Å². The molecule has 0 fully saturated rings. The van der Waals surface area contributed by atoms with E-state index in [0.29, 0.717) is 17.4 Å². The molecule has 0 saturated carbocycles. The molecule has 27 heavy (non-hydrogen) atoms. The molecular formula is C21H28N4O2. The van der Waals surface area contributed by atoms with Crippen LogP contribution in [0.5, 0.6) is 5.75 Å². The van der Waals surface area contributed by atoms with Crippen LogP contribution < -0.4 is 10.1 Å². The van der Waals surface area contributed by atoms with Gasteiger partial charge in [-0.1, -0.05) is 6.92 Å². The summed E-state index contributed by atoms with van der Waals surface area (Å²) in [6, 6.07) is 10.1. The van der Waals surface area contributed by atoms with E-state index in [-0.39, 0.29) is 12.5 Å². The average molecular weight is 368 g/mol. The minimum Gasteiger partial charge on any atom is -0.497 e. The molecule has 0 aliphatic carbocycles. The van der Waals surface area contributed by atoms with Gasteiger partial charge in [0.2, 0.25) is 5.91 Å². The van der Waals surface area contributed by atoms with E-state index in [1.54, 1.807) is 7.11 Å². The van der Waals surface area contributed by atoms with Gasteiger partial charge in [-0.2, -0.15) is 5.26 Å². The SMILES string of the molecule is CCC(C)N(C)CC(=O)Nc1c(C#N)c(C)c(C)n1-c1ccc(OC)cc1. The molecule has 0 aliphatic heterocycles. The summed E-state index contributed by atoms with van der Waals surface area (Å²) in [5, 5.41) is 12.6. The van der Waals surface area contributed by atoms with Crippen LogP contribution in [0.4, 0.5) is 5.82 Å². The van der Waals surface area contributed by atoms with E-state index in [0.717, 1.165) is 29.1 Å². The van der Waals surface area contributed by atoms with Gasteiger partial charge >= 0.3 is 0 Å². The van der Waals surface area contributed by atoms with Crippen molar-refractivity contribution in [3.05, 3.63) is 41.1 Å². The van der Waals surface area contributed by atoms with Crippen molar-refractivity contribution in [1.29, 1.82) is 5.26 Å². The van der Waals surface area contributed by atoms with Crippen LogP contribution in [0.3, 0.4) is 0 Å². The van der Waals surface area contributed by atoms with Crippen LogP contribution in [0.1, 0.15) is 37.1 Å². The van der Waals surface area contributed by atoms with E-state index >= 15 is 0 Å². The van der Waals surface area contributed by atoms with Gasteiger partial charge in [0, 0.05) is 17.4 Å². The fourth-order valence-corrected chi connectivity index (χ4v) is 2.98. The first kappa shape index (κ1) is 20.5. The average Bonchev–Trinajstić information content (AvgIpc) is 2.90. The number of likely N-dealkylation sites (N-methyl/N-ethyl adjacent to an activating group) is 1. The topological polar surface area (TPSA) is 70.3 Å². The minimum absolute atomic E-state index is 0.137. The predicted molar refractivity (Wildman–Crippen MR) is 108 cm³/mol. The summed E-state index contributed by atoms with van der Waals surface area (Å²) >= 11 is 0. The summed E-state index contributed by atoms with van der Waals surface area (Å²) in [5.74, 6) is 1.13. The Morgan fingerprint density at radius 3 is 2.48 bits per heavy atom. The number of carbonyl (C=O) groups excluding carboxylic acids is 1. The van der Waals surface area contributed by atoms with Crippen LogP contribution in [0.25, 0.3) is 5.69 Å². The van der Waals surface area contributed by atoms with Gasteiger partial charge in [-0.25, -0.2) is 0 Å². The summed E-state index contributed by atoms with van der Waals surface area (Å²) in [6.45, 7) is 8.29.